The smallest absolute Gasteiger partial charge is 0.214 e. The summed E-state index contributed by atoms with van der Waals surface area (Å²) in [7, 11) is 0. The fraction of sp³-hybridized carbons (Fsp3) is 0.250. The summed E-state index contributed by atoms with van der Waals surface area (Å²) >= 11 is 0. The van der Waals surface area contributed by atoms with E-state index in [0.29, 0.717) is 12.5 Å². The summed E-state index contributed by atoms with van der Waals surface area (Å²) in [6, 6.07) is 12.0. The van der Waals surface area contributed by atoms with Crippen molar-refractivity contribution in [3.63, 3.8) is 0 Å². The average molecular weight is 317 g/mol. The molecule has 1 aliphatic rings. The maximum atomic E-state index is 5.90. The van der Waals surface area contributed by atoms with E-state index >= 15 is 0 Å². The van der Waals surface area contributed by atoms with Crippen molar-refractivity contribution in [1.82, 2.24) is 15.0 Å². The van der Waals surface area contributed by atoms with Crippen molar-refractivity contribution in [2.45, 2.75) is 32.8 Å². The number of nitrogens with zero attached hydrogens (tertiary/aromatic N) is 3. The zero-order valence-electron chi connectivity index (χ0n) is 13.7. The minimum absolute atomic E-state index is 0.424. The second-order valence-corrected chi connectivity index (χ2v) is 6.12. The van der Waals surface area contributed by atoms with Crippen LogP contribution in [-0.2, 0) is 19.4 Å². The molecular formula is C20H19N3O. The third-order valence-electron chi connectivity index (χ3n) is 4.31. The minimum atomic E-state index is 0.424. The molecule has 0 unspecified atom stereocenters. The number of pyridine rings is 3. The van der Waals surface area contributed by atoms with Gasteiger partial charge in [0.15, 0.2) is 0 Å². The highest BCUT2D eigenvalue weighted by molar-refractivity contribution is 5.66. The Labute approximate surface area is 141 Å². The van der Waals surface area contributed by atoms with E-state index < -0.39 is 0 Å². The summed E-state index contributed by atoms with van der Waals surface area (Å²) in [5, 5.41) is 0. The number of fused-ring (bicyclic) bond motifs is 1. The van der Waals surface area contributed by atoms with Gasteiger partial charge in [-0.05, 0) is 55.5 Å². The van der Waals surface area contributed by atoms with Crippen LogP contribution in [0.2, 0.25) is 0 Å². The number of ether oxygens (including phenoxy) is 1. The van der Waals surface area contributed by atoms with Crippen LogP contribution in [0.4, 0.5) is 0 Å². The fourth-order valence-corrected chi connectivity index (χ4v) is 3.08. The molecule has 0 saturated carbocycles. The lowest BCUT2D eigenvalue weighted by Gasteiger charge is -2.12. The summed E-state index contributed by atoms with van der Waals surface area (Å²) in [5.74, 6) is 0.652. The van der Waals surface area contributed by atoms with Crippen molar-refractivity contribution in [3.05, 3.63) is 71.3 Å². The highest BCUT2D eigenvalue weighted by Gasteiger charge is 2.20. The van der Waals surface area contributed by atoms with Crippen molar-refractivity contribution in [2.24, 2.45) is 0 Å². The van der Waals surface area contributed by atoms with Gasteiger partial charge < -0.3 is 4.74 Å². The molecule has 3 aromatic heterocycles. The summed E-state index contributed by atoms with van der Waals surface area (Å²) < 4.78 is 5.90. The zero-order chi connectivity index (χ0) is 16.4. The van der Waals surface area contributed by atoms with E-state index in [1.807, 2.05) is 30.5 Å². The molecule has 0 atom stereocenters. The third-order valence-corrected chi connectivity index (χ3v) is 4.31. The summed E-state index contributed by atoms with van der Waals surface area (Å²) in [6.07, 6.45) is 6.90. The summed E-state index contributed by atoms with van der Waals surface area (Å²) in [6.45, 7) is 2.47. The fourth-order valence-electron chi connectivity index (χ4n) is 3.08. The van der Waals surface area contributed by atoms with Crippen LogP contribution in [0.25, 0.3) is 11.3 Å². The maximum Gasteiger partial charge on any atom is 0.214 e. The number of hydrogen-bond donors (Lipinski definition) is 0. The quantitative estimate of drug-likeness (QED) is 0.732. The van der Waals surface area contributed by atoms with Gasteiger partial charge in [-0.1, -0.05) is 12.1 Å². The molecule has 0 aromatic carbocycles. The first kappa shape index (κ1) is 14.8. The van der Waals surface area contributed by atoms with Gasteiger partial charge in [-0.3, -0.25) is 9.97 Å². The van der Waals surface area contributed by atoms with E-state index in [1.54, 1.807) is 6.20 Å². The number of rotatable bonds is 4. The molecule has 3 aromatic rings. The van der Waals surface area contributed by atoms with Crippen molar-refractivity contribution in [1.29, 1.82) is 0 Å². The molecule has 120 valence electrons. The Kier molecular flexibility index (Phi) is 3.95. The molecule has 0 bridgehead atoms. The highest BCUT2D eigenvalue weighted by Crippen LogP contribution is 2.33. The van der Waals surface area contributed by atoms with Crippen LogP contribution >= 0.6 is 0 Å². The lowest BCUT2D eigenvalue weighted by atomic mass is 10.0. The van der Waals surface area contributed by atoms with Gasteiger partial charge in [0, 0.05) is 29.7 Å². The highest BCUT2D eigenvalue weighted by atomic mass is 16.5. The largest absolute Gasteiger partial charge is 0.471 e. The van der Waals surface area contributed by atoms with Gasteiger partial charge in [-0.25, -0.2) is 4.98 Å². The SMILES string of the molecule is Cc1ccc(-c2cc(OCc3ccccn3)nc3c2CCC3)nc1. The monoisotopic (exact) mass is 317 g/mol. The molecule has 0 N–H and O–H groups in total. The van der Waals surface area contributed by atoms with Gasteiger partial charge in [-0.2, -0.15) is 0 Å². The first-order valence-corrected chi connectivity index (χ1v) is 8.28. The van der Waals surface area contributed by atoms with Crippen LogP contribution in [0.3, 0.4) is 0 Å². The molecular weight excluding hydrogens is 298 g/mol. The van der Waals surface area contributed by atoms with Crippen molar-refractivity contribution in [3.8, 4) is 17.1 Å². The van der Waals surface area contributed by atoms with Gasteiger partial charge in [-0.15, -0.1) is 0 Å². The molecule has 4 heteroatoms. The van der Waals surface area contributed by atoms with Crippen molar-refractivity contribution in [2.75, 3.05) is 0 Å². The molecule has 0 fully saturated rings. The Morgan fingerprint density at radius 3 is 2.83 bits per heavy atom. The summed E-state index contributed by atoms with van der Waals surface area (Å²) in [5.41, 5.74) is 6.66. The average Bonchev–Trinajstić information content (AvgIpc) is 3.09. The molecule has 3 heterocycles. The van der Waals surface area contributed by atoms with E-state index in [-0.39, 0.29) is 0 Å². The van der Waals surface area contributed by atoms with Crippen LogP contribution in [0, 0.1) is 6.92 Å². The predicted molar refractivity (Wildman–Crippen MR) is 92.8 cm³/mol. The minimum Gasteiger partial charge on any atom is -0.471 e. The van der Waals surface area contributed by atoms with Gasteiger partial charge in [0.2, 0.25) is 5.88 Å². The lowest BCUT2D eigenvalue weighted by molar-refractivity contribution is 0.288. The molecule has 0 radical (unpaired) electrons. The number of aromatic nitrogens is 3. The van der Waals surface area contributed by atoms with Crippen LogP contribution < -0.4 is 4.74 Å². The first-order chi connectivity index (χ1) is 11.8. The maximum absolute atomic E-state index is 5.90. The summed E-state index contributed by atoms with van der Waals surface area (Å²) in [4.78, 5) is 13.6. The topological polar surface area (TPSA) is 47.9 Å². The number of hydrogen-bond acceptors (Lipinski definition) is 4. The molecule has 4 nitrogen and oxygen atoms in total. The van der Waals surface area contributed by atoms with Crippen LogP contribution in [0.15, 0.2) is 48.8 Å². The standard InChI is InChI=1S/C20H19N3O/c1-14-8-9-18(22-12-14)17-11-20(23-19-7-4-6-16(17)19)24-13-15-5-2-3-10-21-15/h2-3,5,8-12H,4,6-7,13H2,1H3. The van der Waals surface area contributed by atoms with Crippen LogP contribution in [0.1, 0.15) is 28.9 Å². The number of aryl methyl sites for hydroxylation is 2. The van der Waals surface area contributed by atoms with Crippen LogP contribution in [-0.4, -0.2) is 15.0 Å². The Balaban J connectivity index is 1.66. The van der Waals surface area contributed by atoms with Gasteiger partial charge in [0.05, 0.1) is 11.4 Å². The molecule has 24 heavy (non-hydrogen) atoms. The second kappa shape index (κ2) is 6.40. The predicted octanol–water partition coefficient (Wildman–Crippen LogP) is 3.91. The molecule has 0 aliphatic heterocycles. The van der Waals surface area contributed by atoms with E-state index in [2.05, 4.69) is 29.0 Å². The molecule has 0 saturated heterocycles. The van der Waals surface area contributed by atoms with Crippen molar-refractivity contribution >= 4 is 0 Å². The second-order valence-electron chi connectivity index (χ2n) is 6.12. The van der Waals surface area contributed by atoms with Crippen molar-refractivity contribution < 1.29 is 4.74 Å². The normalized spacial score (nSPS) is 12.9. The zero-order valence-corrected chi connectivity index (χ0v) is 13.7. The van der Waals surface area contributed by atoms with Gasteiger partial charge in [0.25, 0.3) is 0 Å². The lowest BCUT2D eigenvalue weighted by Crippen LogP contribution is -2.02. The van der Waals surface area contributed by atoms with E-state index in [9.17, 15) is 0 Å². The molecule has 0 spiro atoms. The molecule has 1 aliphatic carbocycles. The van der Waals surface area contributed by atoms with Gasteiger partial charge >= 0.3 is 0 Å². The first-order valence-electron chi connectivity index (χ1n) is 8.28. The third kappa shape index (κ3) is 3.00. The Bertz CT molecular complexity index is 845. The Hall–Kier alpha value is -2.75. The molecule has 4 rings (SSSR count). The Morgan fingerprint density at radius 1 is 1.08 bits per heavy atom. The van der Waals surface area contributed by atoms with E-state index in [1.165, 1.54) is 5.56 Å². The van der Waals surface area contributed by atoms with E-state index in [4.69, 9.17) is 9.72 Å². The Morgan fingerprint density at radius 2 is 2.04 bits per heavy atom. The molecule has 0 amide bonds. The van der Waals surface area contributed by atoms with Crippen LogP contribution in [0.5, 0.6) is 5.88 Å². The van der Waals surface area contributed by atoms with E-state index in [0.717, 1.165) is 47.5 Å². The van der Waals surface area contributed by atoms with Gasteiger partial charge in [0.1, 0.15) is 6.61 Å².